The molecule has 0 bridgehead atoms. The number of nitrogens with zero attached hydrogens (tertiary/aromatic N) is 1. The number of ether oxygens (including phenoxy) is 1. The van der Waals surface area contributed by atoms with Crippen molar-refractivity contribution in [3.05, 3.63) is 0 Å². The summed E-state index contributed by atoms with van der Waals surface area (Å²) in [5.74, 6) is 0.556. The fourth-order valence-corrected chi connectivity index (χ4v) is 2.79. The average molecular weight is 241 g/mol. The van der Waals surface area contributed by atoms with Crippen molar-refractivity contribution in [1.82, 2.24) is 4.90 Å². The molecule has 0 radical (unpaired) electrons. The first-order chi connectivity index (χ1) is 8.04. The van der Waals surface area contributed by atoms with Crippen LogP contribution in [-0.4, -0.2) is 36.6 Å². The molecular formula is C14H27NO2. The van der Waals surface area contributed by atoms with Gasteiger partial charge in [0.1, 0.15) is 0 Å². The third kappa shape index (κ3) is 4.66. The van der Waals surface area contributed by atoms with E-state index in [0.29, 0.717) is 24.4 Å². The number of methoxy groups -OCH3 is 1. The van der Waals surface area contributed by atoms with Gasteiger partial charge >= 0.3 is 5.97 Å². The van der Waals surface area contributed by atoms with Crippen molar-refractivity contribution in [3.8, 4) is 0 Å². The number of carbonyl (C=O) groups is 1. The fourth-order valence-electron chi connectivity index (χ4n) is 2.79. The Morgan fingerprint density at radius 2 is 1.88 bits per heavy atom. The highest BCUT2D eigenvalue weighted by Crippen LogP contribution is 2.26. The normalized spacial score (nSPS) is 18.9. The molecule has 1 unspecified atom stereocenters. The van der Waals surface area contributed by atoms with Crippen LogP contribution in [0, 0.1) is 5.92 Å². The van der Waals surface area contributed by atoms with Crippen molar-refractivity contribution in [1.29, 1.82) is 0 Å². The van der Waals surface area contributed by atoms with Gasteiger partial charge in [-0.3, -0.25) is 9.69 Å². The summed E-state index contributed by atoms with van der Waals surface area (Å²) in [4.78, 5) is 13.9. The van der Waals surface area contributed by atoms with Gasteiger partial charge in [-0.2, -0.15) is 0 Å². The van der Waals surface area contributed by atoms with Gasteiger partial charge in [-0.1, -0.05) is 26.7 Å². The molecule has 3 heteroatoms. The van der Waals surface area contributed by atoms with Gasteiger partial charge in [0, 0.05) is 18.6 Å². The smallest absolute Gasteiger partial charge is 0.307 e. The van der Waals surface area contributed by atoms with E-state index in [1.807, 2.05) is 0 Å². The fraction of sp³-hybridized carbons (Fsp3) is 0.929. The van der Waals surface area contributed by atoms with Gasteiger partial charge in [-0.15, -0.1) is 0 Å². The highest BCUT2D eigenvalue weighted by molar-refractivity contribution is 5.69. The molecule has 0 aliphatic heterocycles. The Labute approximate surface area is 106 Å². The van der Waals surface area contributed by atoms with Gasteiger partial charge in [0.25, 0.3) is 0 Å². The van der Waals surface area contributed by atoms with E-state index in [1.165, 1.54) is 32.8 Å². The molecule has 1 saturated carbocycles. The van der Waals surface area contributed by atoms with E-state index in [1.54, 1.807) is 0 Å². The van der Waals surface area contributed by atoms with Gasteiger partial charge in [0.15, 0.2) is 0 Å². The molecule has 0 N–H and O–H groups in total. The van der Waals surface area contributed by atoms with Crippen LogP contribution in [0.4, 0.5) is 0 Å². The maximum Gasteiger partial charge on any atom is 0.307 e. The summed E-state index contributed by atoms with van der Waals surface area (Å²) in [7, 11) is 1.47. The van der Waals surface area contributed by atoms with Crippen LogP contribution >= 0.6 is 0 Å². The number of hydrogen-bond acceptors (Lipinski definition) is 3. The Hall–Kier alpha value is -0.570. The van der Waals surface area contributed by atoms with E-state index in [0.717, 1.165) is 6.54 Å². The van der Waals surface area contributed by atoms with E-state index in [-0.39, 0.29) is 5.97 Å². The quantitative estimate of drug-likeness (QED) is 0.670. The summed E-state index contributed by atoms with van der Waals surface area (Å²) >= 11 is 0. The van der Waals surface area contributed by atoms with Crippen LogP contribution < -0.4 is 0 Å². The van der Waals surface area contributed by atoms with Crippen LogP contribution in [0.15, 0.2) is 0 Å². The predicted octanol–water partition coefficient (Wildman–Crippen LogP) is 2.84. The minimum atomic E-state index is -0.0933. The lowest BCUT2D eigenvalue weighted by atomic mass is 10.1. The number of hydrogen-bond donors (Lipinski definition) is 0. The van der Waals surface area contributed by atoms with Crippen molar-refractivity contribution in [2.24, 2.45) is 5.92 Å². The molecule has 0 saturated heterocycles. The highest BCUT2D eigenvalue weighted by atomic mass is 16.5. The Balaban J connectivity index is 2.57. The summed E-state index contributed by atoms with van der Waals surface area (Å²) in [6, 6.07) is 0.977. The van der Waals surface area contributed by atoms with E-state index in [2.05, 4.69) is 25.7 Å². The Morgan fingerprint density at radius 1 is 1.29 bits per heavy atom. The summed E-state index contributed by atoms with van der Waals surface area (Å²) < 4.78 is 4.77. The zero-order valence-corrected chi connectivity index (χ0v) is 11.7. The van der Waals surface area contributed by atoms with Crippen molar-refractivity contribution in [3.63, 3.8) is 0 Å². The Morgan fingerprint density at radius 3 is 2.35 bits per heavy atom. The van der Waals surface area contributed by atoms with Crippen molar-refractivity contribution in [2.45, 2.75) is 65.0 Å². The average Bonchev–Trinajstić information content (AvgIpc) is 2.78. The highest BCUT2D eigenvalue weighted by Gasteiger charge is 2.28. The van der Waals surface area contributed by atoms with E-state index >= 15 is 0 Å². The predicted molar refractivity (Wildman–Crippen MR) is 69.9 cm³/mol. The molecule has 1 rings (SSSR count). The standard InChI is InChI=1S/C14H27NO2/c1-11(2)10-15(13-7-5-6-8-13)12(3)9-14(16)17-4/h11-13H,5-10H2,1-4H3. The van der Waals surface area contributed by atoms with Crippen LogP contribution in [0.25, 0.3) is 0 Å². The molecule has 0 aromatic carbocycles. The third-order valence-corrected chi connectivity index (χ3v) is 3.63. The van der Waals surface area contributed by atoms with E-state index < -0.39 is 0 Å². The van der Waals surface area contributed by atoms with Crippen molar-refractivity contribution >= 4 is 5.97 Å². The van der Waals surface area contributed by atoms with Gasteiger partial charge in [0.05, 0.1) is 13.5 Å². The second kappa shape index (κ2) is 7.00. The van der Waals surface area contributed by atoms with Crippen LogP contribution in [0.1, 0.15) is 52.9 Å². The molecule has 100 valence electrons. The summed E-state index contributed by atoms with van der Waals surface area (Å²) in [6.07, 6.45) is 5.77. The summed E-state index contributed by atoms with van der Waals surface area (Å²) in [6.45, 7) is 7.72. The SMILES string of the molecule is COC(=O)CC(C)N(CC(C)C)C1CCCC1. The zero-order valence-electron chi connectivity index (χ0n) is 11.7. The molecule has 0 amide bonds. The maximum atomic E-state index is 11.4. The maximum absolute atomic E-state index is 11.4. The topological polar surface area (TPSA) is 29.5 Å². The first kappa shape index (κ1) is 14.5. The van der Waals surface area contributed by atoms with Crippen molar-refractivity contribution in [2.75, 3.05) is 13.7 Å². The second-order valence-electron chi connectivity index (χ2n) is 5.66. The minimum Gasteiger partial charge on any atom is -0.469 e. The number of rotatable bonds is 6. The lowest BCUT2D eigenvalue weighted by Crippen LogP contribution is -2.43. The van der Waals surface area contributed by atoms with Crippen LogP contribution in [0.2, 0.25) is 0 Å². The number of esters is 1. The van der Waals surface area contributed by atoms with Gasteiger partial charge in [-0.05, 0) is 25.7 Å². The molecular weight excluding hydrogens is 214 g/mol. The van der Waals surface area contributed by atoms with Crippen LogP contribution in [0.3, 0.4) is 0 Å². The van der Waals surface area contributed by atoms with Gasteiger partial charge < -0.3 is 4.74 Å². The molecule has 0 spiro atoms. The Kier molecular flexibility index (Phi) is 5.96. The number of carbonyl (C=O) groups excluding carboxylic acids is 1. The Bertz CT molecular complexity index is 234. The monoisotopic (exact) mass is 241 g/mol. The first-order valence-corrected chi connectivity index (χ1v) is 6.87. The van der Waals surface area contributed by atoms with Gasteiger partial charge in [-0.25, -0.2) is 0 Å². The first-order valence-electron chi connectivity index (χ1n) is 6.87. The van der Waals surface area contributed by atoms with E-state index in [4.69, 9.17) is 4.74 Å². The molecule has 0 aromatic rings. The van der Waals surface area contributed by atoms with E-state index in [9.17, 15) is 4.79 Å². The molecule has 1 aliphatic rings. The molecule has 17 heavy (non-hydrogen) atoms. The van der Waals surface area contributed by atoms with Crippen LogP contribution in [0.5, 0.6) is 0 Å². The zero-order chi connectivity index (χ0) is 12.8. The minimum absolute atomic E-state index is 0.0933. The molecule has 0 aromatic heterocycles. The molecule has 0 heterocycles. The molecule has 1 atom stereocenters. The lowest BCUT2D eigenvalue weighted by Gasteiger charge is -2.35. The van der Waals surface area contributed by atoms with Crippen molar-refractivity contribution < 1.29 is 9.53 Å². The lowest BCUT2D eigenvalue weighted by molar-refractivity contribution is -0.142. The largest absolute Gasteiger partial charge is 0.469 e. The molecule has 1 fully saturated rings. The molecule has 1 aliphatic carbocycles. The molecule has 3 nitrogen and oxygen atoms in total. The third-order valence-electron chi connectivity index (χ3n) is 3.63. The summed E-state index contributed by atoms with van der Waals surface area (Å²) in [5.41, 5.74) is 0. The summed E-state index contributed by atoms with van der Waals surface area (Å²) in [5, 5.41) is 0. The second-order valence-corrected chi connectivity index (χ2v) is 5.66. The van der Waals surface area contributed by atoms with Crippen LogP contribution in [-0.2, 0) is 9.53 Å². The van der Waals surface area contributed by atoms with Gasteiger partial charge in [0.2, 0.25) is 0 Å².